The second kappa shape index (κ2) is 5.51. The van der Waals surface area contributed by atoms with Crippen LogP contribution in [0.2, 0.25) is 0 Å². The summed E-state index contributed by atoms with van der Waals surface area (Å²) in [5, 5.41) is 3.16. The van der Waals surface area contributed by atoms with Crippen molar-refractivity contribution < 1.29 is 4.79 Å². The smallest absolute Gasteiger partial charge is 0.226 e. The summed E-state index contributed by atoms with van der Waals surface area (Å²) in [5.41, 5.74) is 1.81. The molecule has 1 unspecified atom stereocenters. The molecule has 2 N–H and O–H groups in total. The lowest BCUT2D eigenvalue weighted by Gasteiger charge is -2.27. The number of carbonyl (C=O) groups is 1. The van der Waals surface area contributed by atoms with Crippen molar-refractivity contribution in [2.45, 2.75) is 52.0 Å². The van der Waals surface area contributed by atoms with Crippen LogP contribution in [-0.4, -0.2) is 15.9 Å². The number of rotatable bonds is 4. The first-order valence-corrected chi connectivity index (χ1v) is 7.90. The van der Waals surface area contributed by atoms with Crippen LogP contribution in [0.4, 0.5) is 0 Å². The van der Waals surface area contributed by atoms with E-state index in [-0.39, 0.29) is 17.4 Å². The maximum Gasteiger partial charge on any atom is 0.226 e. The van der Waals surface area contributed by atoms with E-state index in [1.54, 1.807) is 0 Å². The molecule has 2 aromatic rings. The van der Waals surface area contributed by atoms with E-state index < -0.39 is 0 Å². The molecule has 1 heterocycles. The Balaban J connectivity index is 1.76. The van der Waals surface area contributed by atoms with Gasteiger partial charge in [-0.15, -0.1) is 0 Å². The van der Waals surface area contributed by atoms with Crippen LogP contribution in [0.25, 0.3) is 11.0 Å². The number of aromatic nitrogens is 2. The number of hydrogen-bond donors (Lipinski definition) is 2. The van der Waals surface area contributed by atoms with Gasteiger partial charge in [0.25, 0.3) is 0 Å². The molecule has 0 radical (unpaired) electrons. The Morgan fingerprint density at radius 1 is 1.38 bits per heavy atom. The average Bonchev–Trinajstić information content (AvgIpc) is 3.14. The number of amides is 1. The van der Waals surface area contributed by atoms with Crippen LogP contribution in [0.15, 0.2) is 24.3 Å². The zero-order chi connectivity index (χ0) is 14.9. The van der Waals surface area contributed by atoms with Gasteiger partial charge in [-0.2, -0.15) is 0 Å². The van der Waals surface area contributed by atoms with Crippen LogP contribution in [-0.2, 0) is 4.79 Å². The minimum atomic E-state index is -0.153. The fraction of sp³-hybridized carbons (Fsp3) is 0.529. The molecule has 1 aliphatic rings. The highest BCUT2D eigenvalue weighted by Gasteiger charge is 2.39. The van der Waals surface area contributed by atoms with Gasteiger partial charge in [-0.1, -0.05) is 31.9 Å². The monoisotopic (exact) mass is 285 g/mol. The highest BCUT2D eigenvalue weighted by molar-refractivity contribution is 5.83. The summed E-state index contributed by atoms with van der Waals surface area (Å²) in [4.78, 5) is 20.5. The normalized spacial score (nSPS) is 18.8. The topological polar surface area (TPSA) is 57.8 Å². The van der Waals surface area contributed by atoms with Crippen LogP contribution in [0.3, 0.4) is 0 Å². The van der Waals surface area contributed by atoms with E-state index >= 15 is 0 Å². The Labute approximate surface area is 125 Å². The standard InChI is InChI=1S/C17H23N3O/c1-3-17(10-6-7-11-17)16(21)18-12(2)15-19-13-8-4-5-9-14(13)20-15/h4-5,8-9,12H,3,6-7,10-11H2,1-2H3,(H,18,21)(H,19,20). The summed E-state index contributed by atoms with van der Waals surface area (Å²) in [6.45, 7) is 4.12. The van der Waals surface area contributed by atoms with Gasteiger partial charge in [0.05, 0.1) is 17.1 Å². The third-order valence-corrected chi connectivity index (χ3v) is 4.88. The van der Waals surface area contributed by atoms with Gasteiger partial charge in [0, 0.05) is 5.41 Å². The van der Waals surface area contributed by atoms with Crippen LogP contribution in [0, 0.1) is 5.41 Å². The molecule has 4 nitrogen and oxygen atoms in total. The Hall–Kier alpha value is -1.84. The molecular weight excluding hydrogens is 262 g/mol. The molecule has 1 atom stereocenters. The highest BCUT2D eigenvalue weighted by Crippen LogP contribution is 2.41. The van der Waals surface area contributed by atoms with Crippen molar-refractivity contribution in [3.8, 4) is 0 Å². The third-order valence-electron chi connectivity index (χ3n) is 4.88. The summed E-state index contributed by atoms with van der Waals surface area (Å²) in [7, 11) is 0. The predicted octanol–water partition coefficient (Wildman–Crippen LogP) is 3.71. The number of nitrogens with zero attached hydrogens (tertiary/aromatic N) is 1. The summed E-state index contributed by atoms with van der Waals surface area (Å²) in [6, 6.07) is 7.85. The van der Waals surface area contributed by atoms with E-state index in [0.717, 1.165) is 36.1 Å². The van der Waals surface area contributed by atoms with E-state index in [1.165, 1.54) is 12.8 Å². The van der Waals surface area contributed by atoms with E-state index in [2.05, 4.69) is 22.2 Å². The van der Waals surface area contributed by atoms with Gasteiger partial charge in [-0.3, -0.25) is 4.79 Å². The predicted molar refractivity (Wildman–Crippen MR) is 83.8 cm³/mol. The molecule has 3 rings (SSSR count). The number of benzene rings is 1. The number of imidazole rings is 1. The van der Waals surface area contributed by atoms with E-state index in [0.29, 0.717) is 0 Å². The lowest BCUT2D eigenvalue weighted by atomic mass is 9.82. The van der Waals surface area contributed by atoms with Gasteiger partial charge < -0.3 is 10.3 Å². The molecule has 1 aromatic heterocycles. The Bertz CT molecular complexity index is 607. The number of para-hydroxylation sites is 2. The second-order valence-corrected chi connectivity index (χ2v) is 6.18. The molecule has 1 amide bonds. The summed E-state index contributed by atoms with van der Waals surface area (Å²) >= 11 is 0. The molecule has 0 aliphatic heterocycles. The first-order valence-electron chi connectivity index (χ1n) is 7.90. The molecule has 0 spiro atoms. The molecule has 1 fully saturated rings. The van der Waals surface area contributed by atoms with Crippen LogP contribution in [0.1, 0.15) is 57.8 Å². The molecule has 1 aliphatic carbocycles. The van der Waals surface area contributed by atoms with E-state index in [4.69, 9.17) is 0 Å². The van der Waals surface area contributed by atoms with Crippen LogP contribution >= 0.6 is 0 Å². The molecule has 0 saturated heterocycles. The van der Waals surface area contributed by atoms with E-state index in [9.17, 15) is 4.79 Å². The van der Waals surface area contributed by atoms with Gasteiger partial charge in [0.15, 0.2) is 0 Å². The first kappa shape index (κ1) is 14.1. The van der Waals surface area contributed by atoms with Crippen LogP contribution in [0.5, 0.6) is 0 Å². The van der Waals surface area contributed by atoms with E-state index in [1.807, 2.05) is 31.2 Å². The Morgan fingerprint density at radius 2 is 2.10 bits per heavy atom. The second-order valence-electron chi connectivity index (χ2n) is 6.18. The van der Waals surface area contributed by atoms with Gasteiger partial charge in [-0.05, 0) is 38.3 Å². The number of H-pyrrole nitrogens is 1. The maximum atomic E-state index is 12.6. The number of aromatic amines is 1. The molecular formula is C17H23N3O. The highest BCUT2D eigenvalue weighted by atomic mass is 16.2. The number of nitrogens with one attached hydrogen (secondary N) is 2. The molecule has 4 heteroatoms. The van der Waals surface area contributed by atoms with Crippen molar-refractivity contribution in [3.05, 3.63) is 30.1 Å². The summed E-state index contributed by atoms with van der Waals surface area (Å²) in [5.74, 6) is 1.02. The average molecular weight is 285 g/mol. The third kappa shape index (κ3) is 2.55. The number of carbonyl (C=O) groups excluding carboxylic acids is 1. The molecule has 1 aromatic carbocycles. The zero-order valence-electron chi connectivity index (χ0n) is 12.8. The van der Waals surface area contributed by atoms with Crippen molar-refractivity contribution in [3.63, 3.8) is 0 Å². The Morgan fingerprint density at radius 3 is 2.76 bits per heavy atom. The van der Waals surface area contributed by atoms with Gasteiger partial charge in [-0.25, -0.2) is 4.98 Å². The lowest BCUT2D eigenvalue weighted by Crippen LogP contribution is -2.40. The quantitative estimate of drug-likeness (QED) is 0.899. The Kier molecular flexibility index (Phi) is 3.70. The fourth-order valence-corrected chi connectivity index (χ4v) is 3.39. The van der Waals surface area contributed by atoms with Crippen molar-refractivity contribution in [1.82, 2.24) is 15.3 Å². The maximum absolute atomic E-state index is 12.6. The largest absolute Gasteiger partial charge is 0.346 e. The molecule has 21 heavy (non-hydrogen) atoms. The first-order chi connectivity index (χ1) is 10.1. The molecule has 0 bridgehead atoms. The van der Waals surface area contributed by atoms with Gasteiger partial charge in [0.2, 0.25) is 5.91 Å². The van der Waals surface area contributed by atoms with Crippen LogP contribution < -0.4 is 5.32 Å². The summed E-state index contributed by atoms with van der Waals surface area (Å²) in [6.07, 6.45) is 5.29. The summed E-state index contributed by atoms with van der Waals surface area (Å²) < 4.78 is 0. The lowest BCUT2D eigenvalue weighted by molar-refractivity contribution is -0.131. The van der Waals surface area contributed by atoms with Crippen molar-refractivity contribution in [2.75, 3.05) is 0 Å². The van der Waals surface area contributed by atoms with Gasteiger partial charge >= 0.3 is 0 Å². The van der Waals surface area contributed by atoms with Crippen molar-refractivity contribution >= 4 is 16.9 Å². The molecule has 1 saturated carbocycles. The zero-order valence-corrected chi connectivity index (χ0v) is 12.8. The SMILES string of the molecule is CCC1(C(=O)NC(C)c2nc3ccccc3[nH]2)CCCC1. The number of hydrogen-bond acceptors (Lipinski definition) is 2. The minimum absolute atomic E-state index is 0.0890. The van der Waals surface area contributed by atoms with Crippen molar-refractivity contribution in [2.24, 2.45) is 5.41 Å². The molecule has 112 valence electrons. The van der Waals surface area contributed by atoms with Crippen molar-refractivity contribution in [1.29, 1.82) is 0 Å². The fourth-order valence-electron chi connectivity index (χ4n) is 3.39. The van der Waals surface area contributed by atoms with Gasteiger partial charge in [0.1, 0.15) is 5.82 Å². The minimum Gasteiger partial charge on any atom is -0.346 e. The number of fused-ring (bicyclic) bond motifs is 1.